The Morgan fingerprint density at radius 2 is 1.65 bits per heavy atom. The van der Waals surface area contributed by atoms with Crippen LogP contribution in [0.1, 0.15) is 38.7 Å². The maximum absolute atomic E-state index is 12.1. The molecule has 0 bridgehead atoms. The fourth-order valence-electron chi connectivity index (χ4n) is 2.31. The second-order valence-corrected chi connectivity index (χ2v) is 5.97. The van der Waals surface area contributed by atoms with E-state index in [2.05, 4.69) is 15.9 Å². The van der Waals surface area contributed by atoms with Gasteiger partial charge in [-0.1, -0.05) is 41.9 Å². The van der Waals surface area contributed by atoms with Gasteiger partial charge in [0.1, 0.15) is 5.78 Å². The lowest BCUT2D eigenvalue weighted by molar-refractivity contribution is -0.144. The largest absolute Gasteiger partial charge is 0.481 e. The summed E-state index contributed by atoms with van der Waals surface area (Å²) in [6.45, 7) is 3.94. The number of carboxylic acids is 1. The molecule has 4 heteroatoms. The minimum absolute atomic E-state index is 0.0123. The highest BCUT2D eigenvalue weighted by molar-refractivity contribution is 9.10. The number of benzene rings is 1. The van der Waals surface area contributed by atoms with E-state index in [1.165, 1.54) is 0 Å². The van der Waals surface area contributed by atoms with Crippen molar-refractivity contribution in [3.63, 3.8) is 0 Å². The minimum atomic E-state index is -0.896. The molecule has 0 spiro atoms. The third-order valence-corrected chi connectivity index (χ3v) is 4.16. The summed E-state index contributed by atoms with van der Waals surface area (Å²) in [4.78, 5) is 23.4. The zero-order chi connectivity index (χ0) is 15.1. The van der Waals surface area contributed by atoms with Crippen LogP contribution in [0.4, 0.5) is 0 Å². The molecule has 1 aromatic carbocycles. The summed E-state index contributed by atoms with van der Waals surface area (Å²) in [7, 11) is 0. The molecular formula is C16H21BrO3. The van der Waals surface area contributed by atoms with Gasteiger partial charge < -0.3 is 5.11 Å². The van der Waals surface area contributed by atoms with Crippen molar-refractivity contribution in [3.05, 3.63) is 34.3 Å². The number of Topliss-reactive ketones (excluding diaryl/α,β-unsaturated/α-hetero) is 1. The lowest BCUT2D eigenvalue weighted by Crippen LogP contribution is -2.24. The van der Waals surface area contributed by atoms with Crippen LogP contribution in [0.25, 0.3) is 0 Å². The number of aliphatic carboxylic acids is 1. The van der Waals surface area contributed by atoms with E-state index in [-0.39, 0.29) is 18.1 Å². The molecule has 0 fully saturated rings. The van der Waals surface area contributed by atoms with E-state index in [0.717, 1.165) is 22.9 Å². The number of ketones is 1. The molecule has 0 heterocycles. The number of rotatable bonds is 8. The number of carboxylic acid groups (broad SMARTS) is 1. The van der Waals surface area contributed by atoms with Crippen LogP contribution >= 0.6 is 15.9 Å². The van der Waals surface area contributed by atoms with E-state index in [1.807, 2.05) is 38.1 Å². The average molecular weight is 341 g/mol. The SMILES string of the molecule is CCC(CC)C(=O)CC(Cc1ccc(Br)cc1)C(=O)O. The van der Waals surface area contributed by atoms with Gasteiger partial charge in [0.15, 0.2) is 0 Å². The summed E-state index contributed by atoms with van der Waals surface area (Å²) in [5.41, 5.74) is 0.943. The van der Waals surface area contributed by atoms with Crippen molar-refractivity contribution >= 4 is 27.7 Å². The van der Waals surface area contributed by atoms with Gasteiger partial charge in [0, 0.05) is 16.8 Å². The molecule has 110 valence electrons. The summed E-state index contributed by atoms with van der Waals surface area (Å²) in [5.74, 6) is -1.47. The van der Waals surface area contributed by atoms with Gasteiger partial charge in [-0.2, -0.15) is 0 Å². The standard InChI is InChI=1S/C16H21BrO3/c1-3-12(4-2)15(18)10-13(16(19)20)9-11-5-7-14(17)8-6-11/h5-8,12-13H,3-4,9-10H2,1-2H3,(H,19,20). The molecular weight excluding hydrogens is 320 g/mol. The van der Waals surface area contributed by atoms with Crippen LogP contribution in [0, 0.1) is 11.8 Å². The highest BCUT2D eigenvalue weighted by atomic mass is 79.9. The smallest absolute Gasteiger partial charge is 0.307 e. The summed E-state index contributed by atoms with van der Waals surface area (Å²) in [5, 5.41) is 9.30. The maximum atomic E-state index is 12.1. The molecule has 3 nitrogen and oxygen atoms in total. The highest BCUT2D eigenvalue weighted by Crippen LogP contribution is 2.20. The summed E-state index contributed by atoms with van der Waals surface area (Å²) < 4.78 is 0.959. The Kier molecular flexibility index (Phi) is 6.93. The Morgan fingerprint density at radius 3 is 2.10 bits per heavy atom. The Hall–Kier alpha value is -1.16. The zero-order valence-electron chi connectivity index (χ0n) is 11.9. The summed E-state index contributed by atoms with van der Waals surface area (Å²) >= 11 is 3.35. The molecule has 0 saturated heterocycles. The molecule has 1 aromatic rings. The Morgan fingerprint density at radius 1 is 1.10 bits per heavy atom. The van der Waals surface area contributed by atoms with Crippen LogP contribution in [0.2, 0.25) is 0 Å². The van der Waals surface area contributed by atoms with Crippen LogP contribution in [-0.2, 0) is 16.0 Å². The van der Waals surface area contributed by atoms with Gasteiger partial charge in [-0.25, -0.2) is 0 Å². The number of carbonyl (C=O) groups is 2. The third-order valence-electron chi connectivity index (χ3n) is 3.63. The molecule has 0 amide bonds. The first kappa shape index (κ1) is 16.9. The number of carbonyl (C=O) groups excluding carboxylic acids is 1. The number of hydrogen-bond donors (Lipinski definition) is 1. The van der Waals surface area contributed by atoms with E-state index in [9.17, 15) is 14.7 Å². The number of hydrogen-bond acceptors (Lipinski definition) is 2. The molecule has 0 radical (unpaired) electrons. The minimum Gasteiger partial charge on any atom is -0.481 e. The summed E-state index contributed by atoms with van der Waals surface area (Å²) in [6, 6.07) is 7.55. The molecule has 1 atom stereocenters. The predicted octanol–water partition coefficient (Wildman–Crippen LogP) is 4.09. The summed E-state index contributed by atoms with van der Waals surface area (Å²) in [6.07, 6.45) is 2.08. The van der Waals surface area contributed by atoms with E-state index in [0.29, 0.717) is 6.42 Å². The Balaban J connectivity index is 2.72. The molecule has 20 heavy (non-hydrogen) atoms. The molecule has 1 unspecified atom stereocenters. The van der Waals surface area contributed by atoms with Gasteiger partial charge in [0.05, 0.1) is 5.92 Å². The number of halogens is 1. The highest BCUT2D eigenvalue weighted by Gasteiger charge is 2.24. The van der Waals surface area contributed by atoms with Gasteiger partial charge in [-0.15, -0.1) is 0 Å². The zero-order valence-corrected chi connectivity index (χ0v) is 13.5. The first-order valence-corrected chi connectivity index (χ1v) is 7.77. The molecule has 1 N–H and O–H groups in total. The normalized spacial score (nSPS) is 12.4. The van der Waals surface area contributed by atoms with E-state index >= 15 is 0 Å². The van der Waals surface area contributed by atoms with Gasteiger partial charge in [-0.3, -0.25) is 9.59 Å². The van der Waals surface area contributed by atoms with Gasteiger partial charge in [0.2, 0.25) is 0 Å². The average Bonchev–Trinajstić information content (AvgIpc) is 2.41. The quantitative estimate of drug-likeness (QED) is 0.775. The van der Waals surface area contributed by atoms with Crippen LogP contribution in [0.15, 0.2) is 28.7 Å². The molecule has 0 aliphatic carbocycles. The first-order chi connectivity index (χ1) is 9.47. The van der Waals surface area contributed by atoms with Crippen molar-refractivity contribution in [2.75, 3.05) is 0 Å². The van der Waals surface area contributed by atoms with Crippen molar-refractivity contribution in [2.45, 2.75) is 39.5 Å². The fourth-order valence-corrected chi connectivity index (χ4v) is 2.57. The predicted molar refractivity (Wildman–Crippen MR) is 82.7 cm³/mol. The second-order valence-electron chi connectivity index (χ2n) is 5.05. The van der Waals surface area contributed by atoms with Gasteiger partial charge in [0.25, 0.3) is 0 Å². The van der Waals surface area contributed by atoms with Crippen LogP contribution in [-0.4, -0.2) is 16.9 Å². The first-order valence-electron chi connectivity index (χ1n) is 6.97. The Bertz CT molecular complexity index is 449. The third kappa shape index (κ3) is 5.08. The molecule has 1 rings (SSSR count). The molecule has 0 saturated carbocycles. The van der Waals surface area contributed by atoms with E-state index in [4.69, 9.17) is 0 Å². The van der Waals surface area contributed by atoms with Crippen molar-refractivity contribution in [1.29, 1.82) is 0 Å². The lowest BCUT2D eigenvalue weighted by atomic mass is 9.88. The van der Waals surface area contributed by atoms with Crippen LogP contribution < -0.4 is 0 Å². The van der Waals surface area contributed by atoms with Crippen molar-refractivity contribution < 1.29 is 14.7 Å². The molecule has 0 aromatic heterocycles. The fraction of sp³-hybridized carbons (Fsp3) is 0.500. The van der Waals surface area contributed by atoms with Crippen LogP contribution in [0.5, 0.6) is 0 Å². The van der Waals surface area contributed by atoms with Gasteiger partial charge in [-0.05, 0) is 37.0 Å². The van der Waals surface area contributed by atoms with Gasteiger partial charge >= 0.3 is 5.97 Å². The monoisotopic (exact) mass is 340 g/mol. The second kappa shape index (κ2) is 8.20. The van der Waals surface area contributed by atoms with Crippen molar-refractivity contribution in [3.8, 4) is 0 Å². The molecule has 0 aliphatic rings. The van der Waals surface area contributed by atoms with E-state index in [1.54, 1.807) is 0 Å². The van der Waals surface area contributed by atoms with E-state index < -0.39 is 11.9 Å². The topological polar surface area (TPSA) is 54.4 Å². The van der Waals surface area contributed by atoms with Crippen LogP contribution in [0.3, 0.4) is 0 Å². The maximum Gasteiger partial charge on any atom is 0.307 e. The Labute approximate surface area is 128 Å². The lowest BCUT2D eigenvalue weighted by Gasteiger charge is -2.16. The van der Waals surface area contributed by atoms with Crippen molar-refractivity contribution in [2.24, 2.45) is 11.8 Å². The molecule has 0 aliphatic heterocycles. The van der Waals surface area contributed by atoms with Crippen molar-refractivity contribution in [1.82, 2.24) is 0 Å².